The normalized spacial score (nSPS) is 18.0. The summed E-state index contributed by atoms with van der Waals surface area (Å²) in [6, 6.07) is 10.5. The first-order valence-electron chi connectivity index (χ1n) is 8.35. The van der Waals surface area contributed by atoms with Gasteiger partial charge in [-0.25, -0.2) is 9.79 Å². The van der Waals surface area contributed by atoms with Crippen LogP contribution in [0.1, 0.15) is 16.8 Å². The third kappa shape index (κ3) is 5.29. The van der Waals surface area contributed by atoms with E-state index in [0.29, 0.717) is 26.6 Å². The third-order valence-corrected chi connectivity index (χ3v) is 5.71. The highest BCUT2D eigenvalue weighted by molar-refractivity contribution is 8.15. The van der Waals surface area contributed by atoms with E-state index in [9.17, 15) is 14.4 Å². The summed E-state index contributed by atoms with van der Waals surface area (Å²) < 4.78 is 0. The van der Waals surface area contributed by atoms with Crippen molar-refractivity contribution in [1.29, 1.82) is 0 Å². The minimum Gasteiger partial charge on any atom is -0.478 e. The zero-order valence-electron chi connectivity index (χ0n) is 15.1. The maximum Gasteiger partial charge on any atom is 0.335 e. The number of carboxylic acids is 1. The van der Waals surface area contributed by atoms with Gasteiger partial charge in [0, 0.05) is 29.2 Å². The number of thioether (sulfide) groups is 1. The van der Waals surface area contributed by atoms with E-state index in [1.165, 1.54) is 29.2 Å². The van der Waals surface area contributed by atoms with Crippen LogP contribution in [0, 0.1) is 0 Å². The van der Waals surface area contributed by atoms with Crippen LogP contribution >= 0.6 is 35.0 Å². The highest BCUT2D eigenvalue weighted by Crippen LogP contribution is 2.31. The number of nitrogens with zero attached hydrogens (tertiary/aromatic N) is 2. The van der Waals surface area contributed by atoms with Crippen LogP contribution in [0.25, 0.3) is 0 Å². The SMILES string of the molecule is CN1C(=O)CC(C(=O)Nc2ccc(C(=O)O)cc2)SC1=Nc1cc(Cl)cc(Cl)c1. The molecule has 1 aliphatic rings. The molecule has 0 aliphatic carbocycles. The summed E-state index contributed by atoms with van der Waals surface area (Å²) in [5.41, 5.74) is 1.02. The maximum absolute atomic E-state index is 12.6. The first-order valence-corrected chi connectivity index (χ1v) is 9.98. The highest BCUT2D eigenvalue weighted by atomic mass is 35.5. The van der Waals surface area contributed by atoms with Crippen molar-refractivity contribution in [3.63, 3.8) is 0 Å². The lowest BCUT2D eigenvalue weighted by atomic mass is 10.2. The molecule has 2 aromatic carbocycles. The number of nitrogens with one attached hydrogen (secondary N) is 1. The molecular formula is C19H15Cl2N3O4S. The predicted octanol–water partition coefficient (Wildman–Crippen LogP) is 4.28. The van der Waals surface area contributed by atoms with Crippen LogP contribution in [0.3, 0.4) is 0 Å². The van der Waals surface area contributed by atoms with E-state index in [-0.39, 0.29) is 23.8 Å². The number of aromatic carboxylic acids is 1. The second-order valence-electron chi connectivity index (χ2n) is 6.16. The lowest BCUT2D eigenvalue weighted by Crippen LogP contribution is -2.43. The van der Waals surface area contributed by atoms with Crippen molar-refractivity contribution < 1.29 is 19.5 Å². The minimum absolute atomic E-state index is 0.00946. The van der Waals surface area contributed by atoms with Gasteiger partial charge in [0.2, 0.25) is 11.8 Å². The summed E-state index contributed by atoms with van der Waals surface area (Å²) in [4.78, 5) is 41.7. The summed E-state index contributed by atoms with van der Waals surface area (Å²) in [6.07, 6.45) is 0.00946. The molecule has 2 aromatic rings. The number of amidine groups is 1. The molecule has 0 radical (unpaired) electrons. The van der Waals surface area contributed by atoms with E-state index in [1.54, 1.807) is 25.2 Å². The molecule has 150 valence electrons. The zero-order chi connectivity index (χ0) is 21.1. The Morgan fingerprint density at radius 2 is 1.79 bits per heavy atom. The number of aliphatic imine (C=N–C) groups is 1. The molecule has 1 saturated heterocycles. The zero-order valence-corrected chi connectivity index (χ0v) is 17.4. The van der Waals surface area contributed by atoms with E-state index in [4.69, 9.17) is 28.3 Å². The molecule has 2 N–H and O–H groups in total. The van der Waals surface area contributed by atoms with Gasteiger partial charge in [0.1, 0.15) is 5.25 Å². The van der Waals surface area contributed by atoms with E-state index >= 15 is 0 Å². The molecule has 0 saturated carbocycles. The van der Waals surface area contributed by atoms with Crippen LogP contribution in [-0.2, 0) is 9.59 Å². The number of hydrogen-bond donors (Lipinski definition) is 2. The number of carbonyl (C=O) groups is 3. The Kier molecular flexibility index (Phi) is 6.46. The number of hydrogen-bond acceptors (Lipinski definition) is 5. The Balaban J connectivity index is 1.77. The van der Waals surface area contributed by atoms with E-state index < -0.39 is 11.2 Å². The maximum atomic E-state index is 12.6. The molecule has 7 nitrogen and oxygen atoms in total. The molecule has 1 fully saturated rings. The van der Waals surface area contributed by atoms with Crippen molar-refractivity contribution in [3.8, 4) is 0 Å². The van der Waals surface area contributed by atoms with Crippen LogP contribution in [-0.4, -0.2) is 45.3 Å². The third-order valence-electron chi connectivity index (χ3n) is 4.03. The number of benzene rings is 2. The van der Waals surface area contributed by atoms with Crippen molar-refractivity contribution in [2.24, 2.45) is 4.99 Å². The Bertz CT molecular complexity index is 991. The van der Waals surface area contributed by atoms with Crippen molar-refractivity contribution in [3.05, 3.63) is 58.1 Å². The first-order chi connectivity index (χ1) is 13.7. The quantitative estimate of drug-likeness (QED) is 0.722. The summed E-state index contributed by atoms with van der Waals surface area (Å²) in [6.45, 7) is 0. The smallest absolute Gasteiger partial charge is 0.335 e. The number of halogens is 2. The predicted molar refractivity (Wildman–Crippen MR) is 114 cm³/mol. The van der Waals surface area contributed by atoms with E-state index in [0.717, 1.165) is 11.8 Å². The number of amides is 2. The topological polar surface area (TPSA) is 99.1 Å². The van der Waals surface area contributed by atoms with Crippen LogP contribution in [0.5, 0.6) is 0 Å². The van der Waals surface area contributed by atoms with Crippen molar-refractivity contribution in [1.82, 2.24) is 4.90 Å². The fourth-order valence-corrected chi connectivity index (χ4v) is 4.11. The van der Waals surface area contributed by atoms with Crippen molar-refractivity contribution in [2.75, 3.05) is 12.4 Å². The van der Waals surface area contributed by atoms with Gasteiger partial charge in [-0.1, -0.05) is 35.0 Å². The largest absolute Gasteiger partial charge is 0.478 e. The van der Waals surface area contributed by atoms with Gasteiger partial charge in [-0.2, -0.15) is 0 Å². The summed E-state index contributed by atoms with van der Waals surface area (Å²) in [7, 11) is 1.58. The summed E-state index contributed by atoms with van der Waals surface area (Å²) >= 11 is 13.1. The Morgan fingerprint density at radius 1 is 1.17 bits per heavy atom. The van der Waals surface area contributed by atoms with Crippen LogP contribution in [0.2, 0.25) is 10.0 Å². The molecule has 0 aromatic heterocycles. The Hall–Kier alpha value is -2.55. The van der Waals surface area contributed by atoms with Gasteiger partial charge in [-0.05, 0) is 42.5 Å². The molecule has 10 heteroatoms. The Labute approximate surface area is 180 Å². The fraction of sp³-hybridized carbons (Fsp3) is 0.158. The molecule has 2 amide bonds. The second-order valence-corrected chi connectivity index (χ2v) is 8.20. The monoisotopic (exact) mass is 451 g/mol. The molecule has 3 rings (SSSR count). The van der Waals surface area contributed by atoms with Gasteiger partial charge in [0.15, 0.2) is 5.17 Å². The molecule has 29 heavy (non-hydrogen) atoms. The fourth-order valence-electron chi connectivity index (χ4n) is 2.53. The average molecular weight is 452 g/mol. The lowest BCUT2D eigenvalue weighted by molar-refractivity contribution is -0.128. The minimum atomic E-state index is -1.05. The summed E-state index contributed by atoms with van der Waals surface area (Å²) in [5.74, 6) is -1.69. The van der Waals surface area contributed by atoms with Crippen molar-refractivity contribution >= 4 is 69.3 Å². The first kappa shape index (κ1) is 21.2. The Morgan fingerprint density at radius 3 is 2.38 bits per heavy atom. The van der Waals surface area contributed by atoms with Gasteiger partial charge < -0.3 is 10.4 Å². The van der Waals surface area contributed by atoms with Gasteiger partial charge >= 0.3 is 5.97 Å². The van der Waals surface area contributed by atoms with Gasteiger partial charge in [0.25, 0.3) is 0 Å². The number of carbonyl (C=O) groups excluding carboxylic acids is 2. The molecule has 1 unspecified atom stereocenters. The van der Waals surface area contributed by atoms with Crippen LogP contribution in [0.15, 0.2) is 47.5 Å². The standard InChI is InChI=1S/C19H15Cl2N3O4S/c1-24-16(25)9-15(17(26)22-13-4-2-10(3-5-13)18(27)28)29-19(24)23-14-7-11(20)6-12(21)8-14/h2-8,15H,9H2,1H3,(H,22,26)(H,27,28). The molecular weight excluding hydrogens is 437 g/mol. The molecule has 1 heterocycles. The van der Waals surface area contributed by atoms with Crippen molar-refractivity contribution in [2.45, 2.75) is 11.7 Å². The van der Waals surface area contributed by atoms with E-state index in [1.807, 2.05) is 0 Å². The highest BCUT2D eigenvalue weighted by Gasteiger charge is 2.34. The number of anilines is 1. The number of carboxylic acid groups (broad SMARTS) is 1. The van der Waals surface area contributed by atoms with E-state index in [2.05, 4.69) is 10.3 Å². The van der Waals surface area contributed by atoms with Crippen LogP contribution < -0.4 is 5.32 Å². The second kappa shape index (κ2) is 8.86. The lowest BCUT2D eigenvalue weighted by Gasteiger charge is -2.28. The summed E-state index contributed by atoms with van der Waals surface area (Å²) in [5, 5.41) is 12.1. The average Bonchev–Trinajstić information content (AvgIpc) is 2.64. The molecule has 0 spiro atoms. The van der Waals surface area contributed by atoms with Gasteiger partial charge in [-0.15, -0.1) is 0 Å². The molecule has 1 atom stereocenters. The molecule has 0 bridgehead atoms. The van der Waals surface area contributed by atoms with Crippen LogP contribution in [0.4, 0.5) is 11.4 Å². The number of rotatable bonds is 4. The van der Waals surface area contributed by atoms with Gasteiger partial charge in [0.05, 0.1) is 11.3 Å². The molecule has 1 aliphatic heterocycles. The van der Waals surface area contributed by atoms with Gasteiger partial charge in [-0.3, -0.25) is 14.5 Å².